The minimum absolute atomic E-state index is 0.0134. The van der Waals surface area contributed by atoms with Gasteiger partial charge in [-0.15, -0.1) is 0 Å². The molecular weight excluding hydrogens is 309 g/mol. The summed E-state index contributed by atoms with van der Waals surface area (Å²) in [5, 5.41) is 0. The fraction of sp³-hybridized carbons (Fsp3) is 0.600. The third kappa shape index (κ3) is 2.90. The van der Waals surface area contributed by atoms with Crippen molar-refractivity contribution >= 4 is 10.0 Å². The Morgan fingerprint density at radius 1 is 1.23 bits per heavy atom. The van der Waals surface area contributed by atoms with Gasteiger partial charge in [0.25, 0.3) is 0 Å². The fourth-order valence-corrected chi connectivity index (χ4v) is 4.66. The standard InChI is InChI=1S/C15H20FNO4S/c1-11-5-6-12(10-13(11)16)22(18,19)17-7-3-2-4-14(17)15-20-8-9-21-15/h5-6,10,14-15H,2-4,7-9H2,1H3. The summed E-state index contributed by atoms with van der Waals surface area (Å²) in [5.74, 6) is -0.511. The van der Waals surface area contributed by atoms with Crippen LogP contribution in [0, 0.1) is 12.7 Å². The van der Waals surface area contributed by atoms with Crippen LogP contribution in [0.25, 0.3) is 0 Å². The van der Waals surface area contributed by atoms with E-state index in [0.29, 0.717) is 31.7 Å². The molecular formula is C15H20FNO4S. The summed E-state index contributed by atoms with van der Waals surface area (Å²) in [7, 11) is -3.75. The van der Waals surface area contributed by atoms with E-state index in [9.17, 15) is 12.8 Å². The minimum atomic E-state index is -3.75. The van der Waals surface area contributed by atoms with Gasteiger partial charge < -0.3 is 9.47 Å². The zero-order valence-corrected chi connectivity index (χ0v) is 13.3. The van der Waals surface area contributed by atoms with E-state index in [0.717, 1.165) is 18.9 Å². The highest BCUT2D eigenvalue weighted by Gasteiger charge is 2.40. The molecule has 2 saturated heterocycles. The van der Waals surface area contributed by atoms with Gasteiger partial charge in [-0.05, 0) is 37.5 Å². The quantitative estimate of drug-likeness (QED) is 0.852. The normalized spacial score (nSPS) is 24.7. The van der Waals surface area contributed by atoms with Crippen LogP contribution in [0.1, 0.15) is 24.8 Å². The van der Waals surface area contributed by atoms with Crippen LogP contribution < -0.4 is 0 Å². The first-order valence-electron chi connectivity index (χ1n) is 7.51. The molecule has 2 aliphatic heterocycles. The number of piperidine rings is 1. The van der Waals surface area contributed by atoms with Gasteiger partial charge in [0.15, 0.2) is 6.29 Å². The predicted molar refractivity (Wildman–Crippen MR) is 78.4 cm³/mol. The largest absolute Gasteiger partial charge is 0.349 e. The molecule has 5 nitrogen and oxygen atoms in total. The highest BCUT2D eigenvalue weighted by molar-refractivity contribution is 7.89. The number of hydrogen-bond donors (Lipinski definition) is 0. The second-order valence-corrected chi connectivity index (χ2v) is 7.59. The Morgan fingerprint density at radius 3 is 2.64 bits per heavy atom. The van der Waals surface area contributed by atoms with E-state index in [1.165, 1.54) is 16.4 Å². The van der Waals surface area contributed by atoms with Crippen molar-refractivity contribution < 1.29 is 22.3 Å². The Morgan fingerprint density at radius 2 is 1.95 bits per heavy atom. The maximum absolute atomic E-state index is 13.7. The van der Waals surface area contributed by atoms with E-state index in [4.69, 9.17) is 9.47 Å². The average Bonchev–Trinajstić information content (AvgIpc) is 3.04. The number of halogens is 1. The summed E-state index contributed by atoms with van der Waals surface area (Å²) in [5.41, 5.74) is 0.427. The van der Waals surface area contributed by atoms with Crippen LogP contribution in [-0.2, 0) is 19.5 Å². The van der Waals surface area contributed by atoms with Crippen LogP contribution in [0.3, 0.4) is 0 Å². The van der Waals surface area contributed by atoms with Crippen molar-refractivity contribution in [2.45, 2.75) is 43.4 Å². The summed E-state index contributed by atoms with van der Waals surface area (Å²) >= 11 is 0. The van der Waals surface area contributed by atoms with Crippen LogP contribution in [0.15, 0.2) is 23.1 Å². The third-order valence-corrected chi connectivity index (χ3v) is 6.13. The zero-order valence-electron chi connectivity index (χ0n) is 12.5. The van der Waals surface area contributed by atoms with Gasteiger partial charge in [-0.25, -0.2) is 12.8 Å². The van der Waals surface area contributed by atoms with Crippen molar-refractivity contribution in [1.29, 1.82) is 0 Å². The number of nitrogens with zero attached hydrogens (tertiary/aromatic N) is 1. The van der Waals surface area contributed by atoms with Crippen molar-refractivity contribution in [3.05, 3.63) is 29.6 Å². The molecule has 1 atom stereocenters. The van der Waals surface area contributed by atoms with Gasteiger partial charge in [0.2, 0.25) is 10.0 Å². The number of hydrogen-bond acceptors (Lipinski definition) is 4. The molecule has 0 bridgehead atoms. The Labute approximate surface area is 130 Å². The van der Waals surface area contributed by atoms with Gasteiger partial charge in [-0.1, -0.05) is 12.5 Å². The van der Waals surface area contributed by atoms with Gasteiger partial charge in [0.1, 0.15) is 5.82 Å². The molecule has 0 radical (unpaired) electrons. The van der Waals surface area contributed by atoms with E-state index in [2.05, 4.69) is 0 Å². The van der Waals surface area contributed by atoms with Crippen molar-refractivity contribution in [1.82, 2.24) is 4.31 Å². The molecule has 122 valence electrons. The van der Waals surface area contributed by atoms with Gasteiger partial charge >= 0.3 is 0 Å². The Bertz CT molecular complexity index is 643. The maximum Gasteiger partial charge on any atom is 0.243 e. The van der Waals surface area contributed by atoms with E-state index in [1.807, 2.05) is 0 Å². The molecule has 2 aliphatic rings. The van der Waals surface area contributed by atoms with Gasteiger partial charge in [0.05, 0.1) is 24.2 Å². The first kappa shape index (κ1) is 15.9. The van der Waals surface area contributed by atoms with E-state index in [-0.39, 0.29) is 10.9 Å². The Kier molecular flexibility index (Phi) is 4.49. The number of benzene rings is 1. The lowest BCUT2D eigenvalue weighted by atomic mass is 10.0. The molecule has 0 aliphatic carbocycles. The molecule has 2 heterocycles. The highest BCUT2D eigenvalue weighted by atomic mass is 32.2. The average molecular weight is 329 g/mol. The van der Waals surface area contributed by atoms with Crippen LogP contribution in [0.5, 0.6) is 0 Å². The lowest BCUT2D eigenvalue weighted by molar-refractivity contribution is -0.0913. The predicted octanol–water partition coefficient (Wildman–Crippen LogP) is 2.05. The van der Waals surface area contributed by atoms with E-state index < -0.39 is 22.1 Å². The van der Waals surface area contributed by atoms with Gasteiger partial charge in [-0.3, -0.25) is 0 Å². The summed E-state index contributed by atoms with van der Waals surface area (Å²) < 4.78 is 51.9. The molecule has 1 aromatic carbocycles. The van der Waals surface area contributed by atoms with Crippen LogP contribution in [0.2, 0.25) is 0 Å². The summed E-state index contributed by atoms with van der Waals surface area (Å²) in [6.45, 7) is 2.98. The Hall–Kier alpha value is -1.02. The maximum atomic E-state index is 13.7. The SMILES string of the molecule is Cc1ccc(S(=O)(=O)N2CCCCC2C2OCCO2)cc1F. The third-order valence-electron chi connectivity index (χ3n) is 4.21. The number of rotatable bonds is 3. The van der Waals surface area contributed by atoms with Crippen LogP contribution in [-0.4, -0.2) is 44.8 Å². The molecule has 0 aromatic heterocycles. The number of aryl methyl sites for hydroxylation is 1. The molecule has 1 unspecified atom stereocenters. The molecule has 0 N–H and O–H groups in total. The van der Waals surface area contributed by atoms with Crippen molar-refractivity contribution in [3.63, 3.8) is 0 Å². The topological polar surface area (TPSA) is 55.8 Å². The lowest BCUT2D eigenvalue weighted by Gasteiger charge is -2.36. The van der Waals surface area contributed by atoms with Crippen LogP contribution >= 0.6 is 0 Å². The van der Waals surface area contributed by atoms with Crippen molar-refractivity contribution in [2.75, 3.05) is 19.8 Å². The summed E-state index contributed by atoms with van der Waals surface area (Å²) in [6, 6.07) is 3.69. The molecule has 0 amide bonds. The van der Waals surface area contributed by atoms with Crippen molar-refractivity contribution in [3.8, 4) is 0 Å². The highest BCUT2D eigenvalue weighted by Crippen LogP contribution is 2.30. The second kappa shape index (κ2) is 6.23. The molecule has 0 spiro atoms. The molecule has 7 heteroatoms. The molecule has 0 saturated carbocycles. The van der Waals surface area contributed by atoms with E-state index >= 15 is 0 Å². The van der Waals surface area contributed by atoms with Gasteiger partial charge in [-0.2, -0.15) is 4.31 Å². The number of ether oxygens (including phenoxy) is 2. The smallest absolute Gasteiger partial charge is 0.243 e. The molecule has 1 aromatic rings. The fourth-order valence-electron chi connectivity index (χ4n) is 2.97. The molecule has 3 rings (SSSR count). The monoisotopic (exact) mass is 329 g/mol. The minimum Gasteiger partial charge on any atom is -0.349 e. The van der Waals surface area contributed by atoms with Crippen molar-refractivity contribution in [2.24, 2.45) is 0 Å². The first-order chi connectivity index (χ1) is 10.5. The molecule has 22 heavy (non-hydrogen) atoms. The molecule has 2 fully saturated rings. The Balaban J connectivity index is 1.92. The van der Waals surface area contributed by atoms with Gasteiger partial charge in [0, 0.05) is 6.54 Å². The first-order valence-corrected chi connectivity index (χ1v) is 8.95. The zero-order chi connectivity index (χ0) is 15.7. The second-order valence-electron chi connectivity index (χ2n) is 5.70. The summed E-state index contributed by atoms with van der Waals surface area (Å²) in [6.07, 6.45) is 1.89. The van der Waals surface area contributed by atoms with E-state index in [1.54, 1.807) is 6.92 Å². The summed E-state index contributed by atoms with van der Waals surface area (Å²) in [4.78, 5) is -0.0134. The number of sulfonamides is 1. The lowest BCUT2D eigenvalue weighted by Crippen LogP contribution is -2.50. The van der Waals surface area contributed by atoms with Crippen LogP contribution in [0.4, 0.5) is 4.39 Å².